The van der Waals surface area contributed by atoms with Crippen molar-refractivity contribution in [1.29, 1.82) is 0 Å². The molecule has 4 saturated carbocycles. The summed E-state index contributed by atoms with van der Waals surface area (Å²) in [6.45, 7) is 10.0. The molecule has 0 aromatic carbocycles. The van der Waals surface area contributed by atoms with Crippen LogP contribution < -0.4 is 0 Å². The Bertz CT molecular complexity index is 494. The van der Waals surface area contributed by atoms with Crippen LogP contribution in [0.2, 0.25) is 0 Å². The van der Waals surface area contributed by atoms with Crippen LogP contribution in [0.15, 0.2) is 12.2 Å². The number of hydrogen-bond donors (Lipinski definition) is 0. The number of esters is 1. The summed E-state index contributed by atoms with van der Waals surface area (Å²) in [5.41, 5.74) is 0.342. The number of carbonyl (C=O) groups excluding carboxylic acids is 1. The molecule has 4 fully saturated rings. The van der Waals surface area contributed by atoms with Gasteiger partial charge in [-0.15, -0.1) is 0 Å². The summed E-state index contributed by atoms with van der Waals surface area (Å²) in [4.78, 5) is 12.2. The van der Waals surface area contributed by atoms with Crippen molar-refractivity contribution < 1.29 is 9.53 Å². The molecule has 2 nitrogen and oxygen atoms in total. The molecule has 0 heterocycles. The van der Waals surface area contributed by atoms with Gasteiger partial charge in [-0.1, -0.05) is 20.4 Å². The van der Waals surface area contributed by atoms with Crippen LogP contribution in [0.25, 0.3) is 0 Å². The molecule has 0 aliphatic heterocycles. The van der Waals surface area contributed by atoms with Crippen molar-refractivity contribution >= 4 is 5.97 Å². The Morgan fingerprint density at radius 1 is 1.14 bits per heavy atom. The highest BCUT2D eigenvalue weighted by Crippen LogP contribution is 2.71. The number of rotatable bonds is 3. The van der Waals surface area contributed by atoms with Gasteiger partial charge >= 0.3 is 5.97 Å². The van der Waals surface area contributed by atoms with E-state index in [2.05, 4.69) is 20.4 Å². The Labute approximate surface area is 128 Å². The normalized spacial score (nSPS) is 49.7. The fraction of sp³-hybridized carbons (Fsp3) is 0.842. The maximum Gasteiger partial charge on any atom is 0.333 e. The average Bonchev–Trinajstić information content (AvgIpc) is 3.15. The summed E-state index contributed by atoms with van der Waals surface area (Å²) in [6, 6.07) is 0. The lowest BCUT2D eigenvalue weighted by atomic mass is 9.63. The van der Waals surface area contributed by atoms with E-state index in [4.69, 9.17) is 4.74 Å². The molecule has 4 aliphatic rings. The Morgan fingerprint density at radius 3 is 2.43 bits per heavy atom. The van der Waals surface area contributed by atoms with Gasteiger partial charge in [-0.3, -0.25) is 0 Å². The van der Waals surface area contributed by atoms with E-state index < -0.39 is 0 Å². The van der Waals surface area contributed by atoms with E-state index in [1.165, 1.54) is 25.7 Å². The fourth-order valence-corrected chi connectivity index (χ4v) is 6.78. The molecule has 0 saturated heterocycles. The van der Waals surface area contributed by atoms with Gasteiger partial charge in [0, 0.05) is 11.5 Å². The summed E-state index contributed by atoms with van der Waals surface area (Å²) in [5, 5.41) is 0. The van der Waals surface area contributed by atoms with Crippen LogP contribution in [-0.4, -0.2) is 11.6 Å². The Morgan fingerprint density at radius 2 is 1.81 bits per heavy atom. The summed E-state index contributed by atoms with van der Waals surface area (Å²) in [5.74, 6) is 5.41. The predicted molar refractivity (Wildman–Crippen MR) is 82.5 cm³/mol. The van der Waals surface area contributed by atoms with E-state index in [9.17, 15) is 4.79 Å². The van der Waals surface area contributed by atoms with Crippen molar-refractivity contribution in [2.24, 2.45) is 41.4 Å². The first-order valence-electron chi connectivity index (χ1n) is 8.83. The second-order valence-corrected chi connectivity index (χ2v) is 8.57. The molecular formula is C19H28O2. The standard InChI is InChI=1S/C19H28O2/c1-10(2)18(20)21-19(11(3)4)9-14-8-15(19)17-13-6-5-12(7-13)16(14)17/h11-17H,1,5-9H2,2-4H3/t12?,13-,14?,15?,16?,17?,19?/m1/s1. The van der Waals surface area contributed by atoms with Gasteiger partial charge in [0.2, 0.25) is 0 Å². The van der Waals surface area contributed by atoms with E-state index in [0.29, 0.717) is 17.4 Å². The fourth-order valence-electron chi connectivity index (χ4n) is 6.78. The van der Waals surface area contributed by atoms with Gasteiger partial charge in [0.25, 0.3) is 0 Å². The highest BCUT2D eigenvalue weighted by Gasteiger charge is 2.68. The molecule has 0 spiro atoms. The van der Waals surface area contributed by atoms with Crippen LogP contribution >= 0.6 is 0 Å². The molecule has 0 aromatic heterocycles. The quantitative estimate of drug-likeness (QED) is 0.442. The molecule has 4 rings (SSSR count). The number of ether oxygens (including phenoxy) is 1. The first-order valence-corrected chi connectivity index (χ1v) is 8.83. The van der Waals surface area contributed by atoms with Gasteiger partial charge in [-0.05, 0) is 74.5 Å². The molecular weight excluding hydrogens is 260 g/mol. The maximum atomic E-state index is 12.2. The lowest BCUT2D eigenvalue weighted by Crippen LogP contribution is -2.51. The highest BCUT2D eigenvalue weighted by molar-refractivity contribution is 5.87. The van der Waals surface area contributed by atoms with Crippen LogP contribution in [0.4, 0.5) is 0 Å². The van der Waals surface area contributed by atoms with Crippen molar-refractivity contribution in [2.75, 3.05) is 0 Å². The van der Waals surface area contributed by atoms with Crippen molar-refractivity contribution in [1.82, 2.24) is 0 Å². The molecule has 21 heavy (non-hydrogen) atoms. The molecule has 7 atom stereocenters. The molecule has 4 aliphatic carbocycles. The van der Waals surface area contributed by atoms with E-state index in [1.54, 1.807) is 6.92 Å². The van der Waals surface area contributed by atoms with E-state index in [0.717, 1.165) is 36.0 Å². The SMILES string of the molecule is C=C(C)C(=O)OC1(C(C)C)CC2CC1C1C2C2CC[C@@H]1C2. The van der Waals surface area contributed by atoms with Crippen LogP contribution in [0.1, 0.15) is 52.9 Å². The Balaban J connectivity index is 1.65. The zero-order valence-corrected chi connectivity index (χ0v) is 13.6. The Hall–Kier alpha value is -0.790. The third-order valence-electron chi connectivity index (χ3n) is 7.43. The first-order chi connectivity index (χ1) is 9.94. The molecule has 116 valence electrons. The molecule has 4 bridgehead atoms. The van der Waals surface area contributed by atoms with Crippen molar-refractivity contribution in [3.05, 3.63) is 12.2 Å². The van der Waals surface area contributed by atoms with Crippen LogP contribution in [-0.2, 0) is 9.53 Å². The zero-order chi connectivity index (χ0) is 14.9. The van der Waals surface area contributed by atoms with Gasteiger partial charge in [-0.2, -0.15) is 0 Å². The molecule has 0 radical (unpaired) electrons. The minimum absolute atomic E-state index is 0.170. The smallest absolute Gasteiger partial charge is 0.333 e. The number of fused-ring (bicyclic) bond motifs is 9. The maximum absolute atomic E-state index is 12.2. The largest absolute Gasteiger partial charge is 0.455 e. The van der Waals surface area contributed by atoms with E-state index in [1.807, 2.05) is 0 Å². The van der Waals surface area contributed by atoms with Crippen LogP contribution in [0.5, 0.6) is 0 Å². The lowest BCUT2D eigenvalue weighted by Gasteiger charge is -2.48. The second kappa shape index (κ2) is 4.36. The predicted octanol–water partition coefficient (Wildman–Crippen LogP) is 4.20. The average molecular weight is 288 g/mol. The van der Waals surface area contributed by atoms with Crippen molar-refractivity contribution in [2.45, 2.75) is 58.5 Å². The van der Waals surface area contributed by atoms with Gasteiger partial charge in [0.05, 0.1) is 0 Å². The van der Waals surface area contributed by atoms with E-state index in [-0.39, 0.29) is 11.6 Å². The monoisotopic (exact) mass is 288 g/mol. The molecule has 6 unspecified atom stereocenters. The highest BCUT2D eigenvalue weighted by atomic mass is 16.6. The van der Waals surface area contributed by atoms with Gasteiger partial charge in [0.1, 0.15) is 5.60 Å². The summed E-state index contributed by atoms with van der Waals surface area (Å²) in [7, 11) is 0. The van der Waals surface area contributed by atoms with Crippen molar-refractivity contribution in [3.63, 3.8) is 0 Å². The third-order valence-corrected chi connectivity index (χ3v) is 7.43. The minimum atomic E-state index is -0.202. The summed E-state index contributed by atoms with van der Waals surface area (Å²) >= 11 is 0. The van der Waals surface area contributed by atoms with Crippen LogP contribution in [0.3, 0.4) is 0 Å². The van der Waals surface area contributed by atoms with E-state index >= 15 is 0 Å². The number of carbonyl (C=O) groups is 1. The van der Waals surface area contributed by atoms with Gasteiger partial charge in [0.15, 0.2) is 0 Å². The van der Waals surface area contributed by atoms with Gasteiger partial charge < -0.3 is 4.74 Å². The summed E-state index contributed by atoms with van der Waals surface area (Å²) in [6.07, 6.45) is 6.78. The third kappa shape index (κ3) is 1.68. The lowest BCUT2D eigenvalue weighted by molar-refractivity contribution is -0.175. The molecule has 0 amide bonds. The minimum Gasteiger partial charge on any atom is -0.455 e. The topological polar surface area (TPSA) is 26.3 Å². The second-order valence-electron chi connectivity index (χ2n) is 8.57. The Kier molecular flexibility index (Phi) is 2.88. The molecule has 0 N–H and O–H groups in total. The van der Waals surface area contributed by atoms with Crippen molar-refractivity contribution in [3.8, 4) is 0 Å². The molecule has 0 aromatic rings. The number of hydrogen-bond acceptors (Lipinski definition) is 2. The van der Waals surface area contributed by atoms with Gasteiger partial charge in [-0.25, -0.2) is 4.79 Å². The summed E-state index contributed by atoms with van der Waals surface area (Å²) < 4.78 is 6.13. The first kappa shape index (κ1) is 13.8. The zero-order valence-electron chi connectivity index (χ0n) is 13.6. The molecule has 2 heteroatoms. The van der Waals surface area contributed by atoms with Crippen LogP contribution in [0, 0.1) is 41.4 Å².